The summed E-state index contributed by atoms with van der Waals surface area (Å²) in [6, 6.07) is 8.21. The summed E-state index contributed by atoms with van der Waals surface area (Å²) in [6.07, 6.45) is 10.5. The summed E-state index contributed by atoms with van der Waals surface area (Å²) >= 11 is 0. The van der Waals surface area contributed by atoms with Crippen LogP contribution in [0.25, 0.3) is 22.3 Å². The lowest BCUT2D eigenvalue weighted by Gasteiger charge is -2.13. The molecule has 0 atom stereocenters. The first-order valence-electron chi connectivity index (χ1n) is 10.1. The molecular formula is C22H27N3O2. The smallest absolute Gasteiger partial charge is 0.358 e. The van der Waals surface area contributed by atoms with Crippen LogP contribution in [0.4, 0.5) is 0 Å². The van der Waals surface area contributed by atoms with Gasteiger partial charge in [-0.15, -0.1) is 0 Å². The number of hydrogen-bond acceptors (Lipinski definition) is 3. The molecule has 0 aliphatic heterocycles. The highest BCUT2D eigenvalue weighted by molar-refractivity contribution is 5.90. The first-order chi connectivity index (χ1) is 13.2. The third-order valence-corrected chi connectivity index (χ3v) is 5.54. The lowest BCUT2D eigenvalue weighted by molar-refractivity contribution is 0.0518. The number of carbonyl (C=O) groups excluding carboxylic acids is 1. The largest absolute Gasteiger partial charge is 0.461 e. The molecule has 0 bridgehead atoms. The number of fused-ring (bicyclic) bond motifs is 1. The highest BCUT2D eigenvalue weighted by Gasteiger charge is 2.23. The zero-order chi connectivity index (χ0) is 18.6. The highest BCUT2D eigenvalue weighted by Crippen LogP contribution is 2.29. The number of esters is 1. The molecule has 5 heteroatoms. The van der Waals surface area contributed by atoms with Gasteiger partial charge in [-0.1, -0.05) is 38.5 Å². The molecule has 1 aliphatic carbocycles. The van der Waals surface area contributed by atoms with Crippen molar-refractivity contribution in [3.8, 4) is 11.4 Å². The zero-order valence-corrected chi connectivity index (χ0v) is 15.9. The molecule has 27 heavy (non-hydrogen) atoms. The number of rotatable bonds is 5. The molecule has 142 valence electrons. The molecule has 0 unspecified atom stereocenters. The van der Waals surface area contributed by atoms with E-state index in [4.69, 9.17) is 4.74 Å². The van der Waals surface area contributed by atoms with Crippen LogP contribution in [0, 0.1) is 5.92 Å². The topological polar surface area (TPSA) is 70.8 Å². The normalized spacial score (nSPS) is 15.7. The Bertz CT molecular complexity index is 917. The molecular weight excluding hydrogens is 338 g/mol. The van der Waals surface area contributed by atoms with E-state index in [2.05, 4.69) is 21.0 Å². The molecule has 0 radical (unpaired) electrons. The molecule has 1 saturated carbocycles. The molecule has 2 heterocycles. The number of benzene rings is 1. The minimum Gasteiger partial charge on any atom is -0.461 e. The van der Waals surface area contributed by atoms with E-state index in [0.29, 0.717) is 18.2 Å². The van der Waals surface area contributed by atoms with E-state index in [1.165, 1.54) is 38.5 Å². The summed E-state index contributed by atoms with van der Waals surface area (Å²) in [4.78, 5) is 23.8. The molecule has 1 aliphatic rings. The number of aromatic nitrogens is 3. The van der Waals surface area contributed by atoms with Crippen LogP contribution in [0.3, 0.4) is 0 Å². The van der Waals surface area contributed by atoms with Gasteiger partial charge in [0.15, 0.2) is 5.69 Å². The Hall–Kier alpha value is -2.56. The fraction of sp³-hybridized carbons (Fsp3) is 0.455. The van der Waals surface area contributed by atoms with Gasteiger partial charge in [-0.05, 0) is 43.5 Å². The monoisotopic (exact) mass is 365 g/mol. The van der Waals surface area contributed by atoms with Crippen LogP contribution in [0.1, 0.15) is 61.6 Å². The lowest BCUT2D eigenvalue weighted by Crippen LogP contribution is -2.11. The van der Waals surface area contributed by atoms with Crippen molar-refractivity contribution < 1.29 is 9.53 Å². The van der Waals surface area contributed by atoms with Crippen molar-refractivity contribution in [1.29, 1.82) is 0 Å². The van der Waals surface area contributed by atoms with E-state index in [0.717, 1.165) is 34.4 Å². The predicted octanol–water partition coefficient (Wildman–Crippen LogP) is 5.25. The minimum atomic E-state index is -0.327. The van der Waals surface area contributed by atoms with Gasteiger partial charge in [0.25, 0.3) is 0 Å². The zero-order valence-electron chi connectivity index (χ0n) is 15.9. The lowest BCUT2D eigenvalue weighted by atomic mass is 9.94. The van der Waals surface area contributed by atoms with Crippen molar-refractivity contribution in [3.05, 3.63) is 41.9 Å². The molecule has 4 rings (SSSR count). The molecule has 0 saturated heterocycles. The Morgan fingerprint density at radius 1 is 1.19 bits per heavy atom. The Balaban J connectivity index is 1.66. The molecule has 1 aromatic carbocycles. The van der Waals surface area contributed by atoms with E-state index in [9.17, 15) is 4.79 Å². The first kappa shape index (κ1) is 17.8. The summed E-state index contributed by atoms with van der Waals surface area (Å²) in [5, 5.41) is 1.13. The van der Waals surface area contributed by atoms with Gasteiger partial charge in [-0.25, -0.2) is 9.78 Å². The van der Waals surface area contributed by atoms with Crippen LogP contribution in [0.2, 0.25) is 0 Å². The third kappa shape index (κ3) is 3.92. The molecule has 0 amide bonds. The van der Waals surface area contributed by atoms with Crippen molar-refractivity contribution in [1.82, 2.24) is 15.0 Å². The Morgan fingerprint density at radius 3 is 2.78 bits per heavy atom. The molecule has 0 spiro atoms. The number of nitrogens with zero attached hydrogens (tertiary/aromatic N) is 1. The van der Waals surface area contributed by atoms with Crippen molar-refractivity contribution in [3.63, 3.8) is 0 Å². The summed E-state index contributed by atoms with van der Waals surface area (Å²) < 4.78 is 5.26. The van der Waals surface area contributed by atoms with Crippen LogP contribution in [-0.4, -0.2) is 27.5 Å². The van der Waals surface area contributed by atoms with Crippen molar-refractivity contribution in [2.75, 3.05) is 6.61 Å². The number of ether oxygens (including phenoxy) is 1. The van der Waals surface area contributed by atoms with Crippen LogP contribution >= 0.6 is 0 Å². The van der Waals surface area contributed by atoms with Gasteiger partial charge in [0, 0.05) is 22.7 Å². The van der Waals surface area contributed by atoms with Gasteiger partial charge in [0.2, 0.25) is 0 Å². The van der Waals surface area contributed by atoms with Gasteiger partial charge in [0.1, 0.15) is 5.82 Å². The molecule has 3 aromatic rings. The standard InChI is InChI=1S/C22H27N3O2/c1-2-27-22(26)20-19(13-15-7-5-3-4-6-8-15)24-21(25-20)17-9-10-18-16(14-17)11-12-23-18/h9-12,14-15,23H,2-8,13H2,1H3,(H,24,25). The highest BCUT2D eigenvalue weighted by atomic mass is 16.5. The third-order valence-electron chi connectivity index (χ3n) is 5.54. The van der Waals surface area contributed by atoms with E-state index in [1.54, 1.807) is 0 Å². The number of hydrogen-bond donors (Lipinski definition) is 2. The van der Waals surface area contributed by atoms with Gasteiger partial charge < -0.3 is 14.7 Å². The molecule has 2 N–H and O–H groups in total. The predicted molar refractivity (Wildman–Crippen MR) is 107 cm³/mol. The maximum absolute atomic E-state index is 12.5. The number of aromatic amines is 2. The van der Waals surface area contributed by atoms with Gasteiger partial charge in [-0.2, -0.15) is 0 Å². The summed E-state index contributed by atoms with van der Waals surface area (Å²) in [7, 11) is 0. The van der Waals surface area contributed by atoms with Gasteiger partial charge >= 0.3 is 5.97 Å². The van der Waals surface area contributed by atoms with Crippen molar-refractivity contribution in [2.24, 2.45) is 5.92 Å². The van der Waals surface area contributed by atoms with E-state index < -0.39 is 0 Å². The second-order valence-electron chi connectivity index (χ2n) is 7.47. The number of nitrogens with one attached hydrogen (secondary N) is 2. The van der Waals surface area contributed by atoms with E-state index >= 15 is 0 Å². The SMILES string of the molecule is CCOC(=O)c1nc(-c2ccc3[nH]ccc3c2)[nH]c1CC1CCCCCC1. The maximum atomic E-state index is 12.5. The second kappa shape index (κ2) is 7.99. The number of imidazole rings is 1. The van der Waals surface area contributed by atoms with Crippen LogP contribution in [-0.2, 0) is 11.2 Å². The quantitative estimate of drug-likeness (QED) is 0.479. The Labute approximate surface area is 159 Å². The number of carbonyl (C=O) groups is 1. The minimum absolute atomic E-state index is 0.327. The van der Waals surface area contributed by atoms with Gasteiger partial charge in [0.05, 0.1) is 12.3 Å². The van der Waals surface area contributed by atoms with Crippen molar-refractivity contribution >= 4 is 16.9 Å². The van der Waals surface area contributed by atoms with Crippen molar-refractivity contribution in [2.45, 2.75) is 51.9 Å². The average molecular weight is 365 g/mol. The maximum Gasteiger partial charge on any atom is 0.358 e. The van der Waals surface area contributed by atoms with Crippen LogP contribution in [0.5, 0.6) is 0 Å². The molecule has 2 aromatic heterocycles. The van der Waals surface area contributed by atoms with Crippen LogP contribution in [0.15, 0.2) is 30.5 Å². The average Bonchev–Trinajstić information content (AvgIpc) is 3.22. The fourth-order valence-electron chi connectivity index (χ4n) is 4.12. The summed E-state index contributed by atoms with van der Waals surface area (Å²) in [5.74, 6) is 1.03. The second-order valence-corrected chi connectivity index (χ2v) is 7.47. The van der Waals surface area contributed by atoms with Crippen LogP contribution < -0.4 is 0 Å². The molecule has 5 nitrogen and oxygen atoms in total. The Morgan fingerprint density at radius 2 is 2.00 bits per heavy atom. The summed E-state index contributed by atoms with van der Waals surface area (Å²) in [6.45, 7) is 2.19. The summed E-state index contributed by atoms with van der Waals surface area (Å²) in [5.41, 5.74) is 3.45. The van der Waals surface area contributed by atoms with E-state index in [1.807, 2.05) is 31.3 Å². The van der Waals surface area contributed by atoms with Gasteiger partial charge in [-0.3, -0.25) is 0 Å². The Kier molecular flexibility index (Phi) is 5.28. The van der Waals surface area contributed by atoms with E-state index in [-0.39, 0.29) is 5.97 Å². The first-order valence-corrected chi connectivity index (χ1v) is 10.1. The number of H-pyrrole nitrogens is 2. The molecule has 1 fully saturated rings. The fourth-order valence-corrected chi connectivity index (χ4v) is 4.12.